The molecule has 1 amide bonds. The van der Waals surface area contributed by atoms with Crippen molar-refractivity contribution in [2.45, 2.75) is 13.0 Å². The molecule has 0 saturated carbocycles. The van der Waals surface area contributed by atoms with Gasteiger partial charge in [-0.1, -0.05) is 12.1 Å². The Bertz CT molecular complexity index is 1050. The third-order valence-electron chi connectivity index (χ3n) is 4.95. The molecule has 1 aliphatic heterocycles. The van der Waals surface area contributed by atoms with Crippen LogP contribution in [0.25, 0.3) is 0 Å². The number of aryl methyl sites for hydroxylation is 1. The number of thiazole rings is 1. The van der Waals surface area contributed by atoms with E-state index >= 15 is 0 Å². The van der Waals surface area contributed by atoms with Gasteiger partial charge in [0.15, 0.2) is 5.13 Å². The molecule has 3 aromatic rings. The van der Waals surface area contributed by atoms with Crippen molar-refractivity contribution >= 4 is 28.2 Å². The number of hydrogen-bond acceptors (Lipinski definition) is 8. The molecular weight excluding hydrogens is 416 g/mol. The molecule has 1 aromatic carbocycles. The van der Waals surface area contributed by atoms with Crippen molar-refractivity contribution in [1.29, 1.82) is 0 Å². The molecule has 1 atom stereocenters. The highest BCUT2D eigenvalue weighted by Gasteiger charge is 2.30. The normalized spacial score (nSPS) is 16.1. The molecule has 1 saturated heterocycles. The smallest absolute Gasteiger partial charge is 0.261 e. The van der Waals surface area contributed by atoms with Crippen LogP contribution < -0.4 is 14.8 Å². The molecule has 1 aliphatic rings. The number of ether oxygens (including phenoxy) is 3. The minimum atomic E-state index is -0.335. The molecular formula is C22H24N4O4S. The van der Waals surface area contributed by atoms with E-state index in [1.807, 2.05) is 30.5 Å². The summed E-state index contributed by atoms with van der Waals surface area (Å²) >= 11 is 1.52. The number of methoxy groups -OCH3 is 2. The number of morpholine rings is 1. The second kappa shape index (κ2) is 9.32. The Kier molecular flexibility index (Phi) is 6.34. The number of nitrogens with zero attached hydrogens (tertiary/aromatic N) is 3. The van der Waals surface area contributed by atoms with Crippen LogP contribution in [0.4, 0.5) is 10.9 Å². The maximum absolute atomic E-state index is 13.3. The van der Waals surface area contributed by atoms with Crippen molar-refractivity contribution in [1.82, 2.24) is 14.9 Å². The van der Waals surface area contributed by atoms with Crippen LogP contribution in [0.2, 0.25) is 0 Å². The van der Waals surface area contributed by atoms with E-state index < -0.39 is 0 Å². The Morgan fingerprint density at radius 3 is 2.58 bits per heavy atom. The maximum atomic E-state index is 13.3. The summed E-state index contributed by atoms with van der Waals surface area (Å²) in [6.45, 7) is 3.22. The van der Waals surface area contributed by atoms with Crippen LogP contribution in [0.3, 0.4) is 0 Å². The van der Waals surface area contributed by atoms with E-state index in [0.29, 0.717) is 42.6 Å². The zero-order chi connectivity index (χ0) is 21.8. The lowest BCUT2D eigenvalue weighted by Gasteiger charge is -2.33. The van der Waals surface area contributed by atoms with E-state index in [1.165, 1.54) is 11.3 Å². The van der Waals surface area contributed by atoms with E-state index in [9.17, 15) is 4.79 Å². The average molecular weight is 441 g/mol. The van der Waals surface area contributed by atoms with Crippen LogP contribution in [0, 0.1) is 6.92 Å². The van der Waals surface area contributed by atoms with Crippen molar-refractivity contribution in [2.75, 3.05) is 39.2 Å². The van der Waals surface area contributed by atoms with Crippen LogP contribution >= 0.6 is 11.3 Å². The van der Waals surface area contributed by atoms with Crippen LogP contribution in [0.1, 0.15) is 27.8 Å². The number of amides is 1. The zero-order valence-electron chi connectivity index (χ0n) is 17.6. The summed E-state index contributed by atoms with van der Waals surface area (Å²) in [4.78, 5) is 24.2. The zero-order valence-corrected chi connectivity index (χ0v) is 18.4. The van der Waals surface area contributed by atoms with E-state index in [2.05, 4.69) is 15.3 Å². The lowest BCUT2D eigenvalue weighted by Crippen LogP contribution is -2.42. The Labute approximate surface area is 184 Å². The first kappa shape index (κ1) is 21.1. The topological polar surface area (TPSA) is 85.8 Å². The summed E-state index contributed by atoms with van der Waals surface area (Å²) in [5.74, 6) is 1.49. The number of pyridine rings is 1. The van der Waals surface area contributed by atoms with E-state index in [0.717, 1.165) is 16.5 Å². The first-order valence-electron chi connectivity index (χ1n) is 9.87. The highest BCUT2D eigenvalue weighted by atomic mass is 32.1. The summed E-state index contributed by atoms with van der Waals surface area (Å²) in [6, 6.07) is 11.0. The van der Waals surface area contributed by atoms with Gasteiger partial charge in [0, 0.05) is 11.9 Å². The van der Waals surface area contributed by atoms with Crippen molar-refractivity contribution in [3.63, 3.8) is 0 Å². The molecule has 0 radical (unpaired) electrons. The van der Waals surface area contributed by atoms with Gasteiger partial charge in [0.1, 0.15) is 29.0 Å². The maximum Gasteiger partial charge on any atom is 0.261 e. The van der Waals surface area contributed by atoms with Gasteiger partial charge in [0.25, 0.3) is 5.91 Å². The van der Waals surface area contributed by atoms with Crippen LogP contribution in [-0.4, -0.2) is 54.7 Å². The molecule has 0 unspecified atom stereocenters. The fourth-order valence-corrected chi connectivity index (χ4v) is 4.15. The van der Waals surface area contributed by atoms with Gasteiger partial charge >= 0.3 is 0 Å². The fourth-order valence-electron chi connectivity index (χ4n) is 3.45. The summed E-state index contributed by atoms with van der Waals surface area (Å²) in [6.07, 6.45) is -0.335. The van der Waals surface area contributed by atoms with Crippen LogP contribution in [0.15, 0.2) is 41.8 Å². The third kappa shape index (κ3) is 4.62. The lowest BCUT2D eigenvalue weighted by molar-refractivity contribution is -0.0248. The molecule has 162 valence electrons. The Morgan fingerprint density at radius 2 is 1.90 bits per heavy atom. The molecule has 1 N–H and O–H groups in total. The first-order valence-corrected chi connectivity index (χ1v) is 10.7. The van der Waals surface area contributed by atoms with E-state index in [-0.39, 0.29) is 12.0 Å². The minimum Gasteiger partial charge on any atom is -0.496 e. The number of carbonyl (C=O) groups is 1. The van der Waals surface area contributed by atoms with Crippen molar-refractivity contribution in [3.05, 3.63) is 58.7 Å². The van der Waals surface area contributed by atoms with Gasteiger partial charge in [-0.3, -0.25) is 4.79 Å². The SMILES string of the molecule is COc1cccc(OC)c1C(=O)N1CCO[C@H](c2cccc(Nc3nc(C)cs3)n2)C1. The number of carbonyl (C=O) groups excluding carboxylic acids is 1. The fraction of sp³-hybridized carbons (Fsp3) is 0.318. The summed E-state index contributed by atoms with van der Waals surface area (Å²) in [7, 11) is 3.08. The summed E-state index contributed by atoms with van der Waals surface area (Å²) < 4.78 is 16.7. The molecule has 2 aromatic heterocycles. The van der Waals surface area contributed by atoms with Gasteiger partial charge < -0.3 is 24.4 Å². The van der Waals surface area contributed by atoms with Crippen LogP contribution in [-0.2, 0) is 4.74 Å². The minimum absolute atomic E-state index is 0.157. The average Bonchev–Trinajstić information content (AvgIpc) is 3.22. The van der Waals surface area contributed by atoms with Gasteiger partial charge in [0.05, 0.1) is 38.8 Å². The number of aromatic nitrogens is 2. The number of anilines is 2. The predicted octanol–water partition coefficient (Wildman–Crippen LogP) is 3.82. The Balaban J connectivity index is 1.53. The molecule has 0 spiro atoms. The molecule has 9 heteroatoms. The highest BCUT2D eigenvalue weighted by Crippen LogP contribution is 2.31. The quantitative estimate of drug-likeness (QED) is 0.624. The second-order valence-corrected chi connectivity index (χ2v) is 7.87. The number of rotatable bonds is 6. The standard InChI is InChI=1S/C22H24N4O4S/c1-14-13-31-22(23-14)25-19-9-4-6-15(24-19)18-12-26(10-11-30-18)21(27)20-16(28-2)7-5-8-17(20)29-3/h4-9,13,18H,10-12H2,1-3H3,(H,23,24,25)/t18-/m0/s1. The molecule has 1 fully saturated rings. The van der Waals surface area contributed by atoms with Gasteiger partial charge in [0.2, 0.25) is 0 Å². The van der Waals surface area contributed by atoms with Gasteiger partial charge in [-0.2, -0.15) is 0 Å². The van der Waals surface area contributed by atoms with Crippen molar-refractivity contribution in [3.8, 4) is 11.5 Å². The molecule has 0 bridgehead atoms. The number of benzene rings is 1. The summed E-state index contributed by atoms with van der Waals surface area (Å²) in [5, 5.41) is 5.98. The molecule has 8 nitrogen and oxygen atoms in total. The predicted molar refractivity (Wildman–Crippen MR) is 119 cm³/mol. The second-order valence-electron chi connectivity index (χ2n) is 7.01. The van der Waals surface area contributed by atoms with Crippen LogP contribution in [0.5, 0.6) is 11.5 Å². The Hall–Kier alpha value is -3.17. The highest BCUT2D eigenvalue weighted by molar-refractivity contribution is 7.13. The van der Waals surface area contributed by atoms with Crippen molar-refractivity contribution in [2.24, 2.45) is 0 Å². The van der Waals surface area contributed by atoms with E-state index in [1.54, 1.807) is 37.3 Å². The molecule has 3 heterocycles. The Morgan fingerprint density at radius 1 is 1.16 bits per heavy atom. The number of hydrogen-bond donors (Lipinski definition) is 1. The molecule has 0 aliphatic carbocycles. The largest absolute Gasteiger partial charge is 0.496 e. The molecule has 4 rings (SSSR count). The molecule has 31 heavy (non-hydrogen) atoms. The lowest BCUT2D eigenvalue weighted by atomic mass is 10.1. The van der Waals surface area contributed by atoms with Gasteiger partial charge in [-0.05, 0) is 31.2 Å². The van der Waals surface area contributed by atoms with Gasteiger partial charge in [-0.25, -0.2) is 9.97 Å². The van der Waals surface area contributed by atoms with Gasteiger partial charge in [-0.15, -0.1) is 11.3 Å². The monoisotopic (exact) mass is 440 g/mol. The van der Waals surface area contributed by atoms with Crippen molar-refractivity contribution < 1.29 is 19.0 Å². The number of nitrogens with one attached hydrogen (secondary N) is 1. The third-order valence-corrected chi connectivity index (χ3v) is 5.83. The summed E-state index contributed by atoms with van der Waals surface area (Å²) in [5.41, 5.74) is 2.12. The van der Waals surface area contributed by atoms with E-state index in [4.69, 9.17) is 14.2 Å². The first-order chi connectivity index (χ1) is 15.1.